The highest BCUT2D eigenvalue weighted by atomic mass is 35.5. The van der Waals surface area contributed by atoms with Crippen LogP contribution in [0.5, 0.6) is 0 Å². The lowest BCUT2D eigenvalue weighted by atomic mass is 9.94. The third-order valence-electron chi connectivity index (χ3n) is 9.94. The molecule has 2 aliphatic rings. The van der Waals surface area contributed by atoms with Crippen molar-refractivity contribution >= 4 is 55.4 Å². The van der Waals surface area contributed by atoms with Gasteiger partial charge in [-0.05, 0) is 42.2 Å². The molecule has 6 aromatic rings. The van der Waals surface area contributed by atoms with Gasteiger partial charge in [0.05, 0.1) is 45.8 Å². The Labute approximate surface area is 307 Å². The maximum Gasteiger partial charge on any atom is 0.293 e. The van der Waals surface area contributed by atoms with Crippen LogP contribution in [0.15, 0.2) is 42.7 Å². The standard InChI is InChI=1S/C34H28ClF6N9O3S/c1-13-23-25-28(31(38)39)46-50(30(25)34(40,41)26(13)23)11-22(51)44-20(8-14-6-15(36)9-16(37)7-14)27-18(10-21-32(45-27)43-12-42-21)17-4-5-19(35)24-29(17)49(2)47-33(24)48-54(3,52)53/h4-7,9-10,12-13,20,23,26,31H,8,11H2,1-3H3,(H,44,51)(H,47,48)(H,42,43,45)/t13-,20?,23?,26?/m1/s1. The minimum absolute atomic E-state index is 0.0715. The summed E-state index contributed by atoms with van der Waals surface area (Å²) in [5.41, 5.74) is 0.0150. The fourth-order valence-electron chi connectivity index (χ4n) is 7.83. The maximum absolute atomic E-state index is 15.6. The van der Waals surface area contributed by atoms with E-state index in [0.717, 1.165) is 18.4 Å². The number of pyridine rings is 1. The number of imidazole rings is 1. The van der Waals surface area contributed by atoms with E-state index in [1.54, 1.807) is 26.1 Å². The number of halogens is 7. The molecular formula is C34H28ClF6N9O3S. The minimum atomic E-state index is -3.81. The SMILES string of the molecule is C[C@@H]1C2c3c(C(F)F)nn(CC(=O)NC(Cc4cc(F)cc(F)c4)c4nc5nc[nH]c5cc4-c4ccc(Cl)c5c(NS(C)(=O)=O)nn(C)c45)c3C(F)(F)C21. The van der Waals surface area contributed by atoms with Crippen molar-refractivity contribution in [1.82, 2.24) is 39.8 Å². The molecule has 1 amide bonds. The summed E-state index contributed by atoms with van der Waals surface area (Å²) in [6.45, 7) is 0.662. The molecule has 4 atom stereocenters. The van der Waals surface area contributed by atoms with Gasteiger partial charge in [0.15, 0.2) is 11.5 Å². The lowest BCUT2D eigenvalue weighted by molar-refractivity contribution is -0.123. The van der Waals surface area contributed by atoms with Crippen LogP contribution in [0.2, 0.25) is 5.02 Å². The molecule has 1 saturated carbocycles. The highest BCUT2D eigenvalue weighted by molar-refractivity contribution is 7.92. The Kier molecular flexibility index (Phi) is 8.26. The summed E-state index contributed by atoms with van der Waals surface area (Å²) in [4.78, 5) is 25.8. The van der Waals surface area contributed by atoms with Gasteiger partial charge in [-0.15, -0.1) is 0 Å². The normalized spacial score (nSPS) is 19.4. The molecule has 54 heavy (non-hydrogen) atoms. The number of H-pyrrole nitrogens is 1. The maximum atomic E-state index is 15.6. The Morgan fingerprint density at radius 2 is 1.80 bits per heavy atom. The molecule has 8 rings (SSSR count). The Morgan fingerprint density at radius 3 is 2.48 bits per heavy atom. The van der Waals surface area contributed by atoms with Crippen LogP contribution in [0.3, 0.4) is 0 Å². The second-order valence-corrected chi connectivity index (χ2v) is 15.8. The number of carbonyl (C=O) groups excluding carboxylic acids is 1. The largest absolute Gasteiger partial charge is 0.346 e. The first-order valence-electron chi connectivity index (χ1n) is 16.4. The van der Waals surface area contributed by atoms with Crippen LogP contribution >= 0.6 is 11.6 Å². The van der Waals surface area contributed by atoms with Crippen molar-refractivity contribution in [2.75, 3.05) is 11.0 Å². The monoisotopic (exact) mass is 791 g/mol. The van der Waals surface area contributed by atoms with E-state index in [0.29, 0.717) is 32.9 Å². The third kappa shape index (κ3) is 5.93. The minimum Gasteiger partial charge on any atom is -0.346 e. The van der Waals surface area contributed by atoms with Crippen molar-refractivity contribution in [3.8, 4) is 11.1 Å². The summed E-state index contributed by atoms with van der Waals surface area (Å²) in [5.74, 6) is -8.87. The van der Waals surface area contributed by atoms with Gasteiger partial charge in [-0.25, -0.2) is 35.9 Å². The second kappa shape index (κ2) is 12.4. The molecule has 282 valence electrons. The van der Waals surface area contributed by atoms with Crippen LogP contribution in [0.4, 0.5) is 32.2 Å². The van der Waals surface area contributed by atoms with E-state index in [1.165, 1.54) is 17.1 Å². The number of aromatic amines is 1. The molecule has 20 heteroatoms. The average molecular weight is 792 g/mol. The fourth-order valence-corrected chi connectivity index (χ4v) is 8.57. The van der Waals surface area contributed by atoms with Gasteiger partial charge in [-0.2, -0.15) is 19.0 Å². The number of alkyl halides is 4. The summed E-state index contributed by atoms with van der Waals surface area (Å²) in [6, 6.07) is 6.23. The first kappa shape index (κ1) is 35.8. The van der Waals surface area contributed by atoms with Gasteiger partial charge in [0, 0.05) is 41.6 Å². The highest BCUT2D eigenvalue weighted by Gasteiger charge is 2.71. The van der Waals surface area contributed by atoms with Crippen LogP contribution in [0.1, 0.15) is 53.5 Å². The quantitative estimate of drug-likeness (QED) is 0.134. The molecule has 4 heterocycles. The number of rotatable bonds is 10. The number of hydrogen-bond donors (Lipinski definition) is 3. The number of nitrogens with zero attached hydrogens (tertiary/aromatic N) is 6. The van der Waals surface area contributed by atoms with Gasteiger partial charge in [0.2, 0.25) is 15.9 Å². The molecule has 4 aromatic heterocycles. The summed E-state index contributed by atoms with van der Waals surface area (Å²) in [5, 5.41) is 11.2. The summed E-state index contributed by atoms with van der Waals surface area (Å²) in [6.07, 6.45) is -1.15. The van der Waals surface area contributed by atoms with Crippen LogP contribution in [-0.4, -0.2) is 55.1 Å². The number of fused-ring (bicyclic) bond motifs is 5. The van der Waals surface area contributed by atoms with Crippen LogP contribution in [0, 0.1) is 23.5 Å². The molecule has 2 aliphatic carbocycles. The van der Waals surface area contributed by atoms with Crippen LogP contribution in [-0.2, 0) is 40.8 Å². The topological polar surface area (TPSA) is 152 Å². The Bertz CT molecular complexity index is 2620. The van der Waals surface area contributed by atoms with Gasteiger partial charge in [0.1, 0.15) is 29.6 Å². The van der Waals surface area contributed by atoms with Crippen molar-refractivity contribution in [2.24, 2.45) is 18.9 Å². The van der Waals surface area contributed by atoms with Crippen molar-refractivity contribution < 1.29 is 39.6 Å². The molecule has 0 radical (unpaired) electrons. The first-order chi connectivity index (χ1) is 25.4. The summed E-state index contributed by atoms with van der Waals surface area (Å²) in [7, 11) is -2.26. The smallest absolute Gasteiger partial charge is 0.293 e. The van der Waals surface area contributed by atoms with Crippen molar-refractivity contribution in [3.05, 3.63) is 87.6 Å². The molecule has 3 unspecified atom stereocenters. The van der Waals surface area contributed by atoms with Crippen molar-refractivity contribution in [3.63, 3.8) is 0 Å². The van der Waals surface area contributed by atoms with E-state index in [2.05, 4.69) is 30.2 Å². The Balaban J connectivity index is 1.26. The van der Waals surface area contributed by atoms with Gasteiger partial charge >= 0.3 is 0 Å². The number of aryl methyl sites for hydroxylation is 1. The molecular weight excluding hydrogens is 764 g/mol. The van der Waals surface area contributed by atoms with E-state index in [9.17, 15) is 30.8 Å². The van der Waals surface area contributed by atoms with Crippen molar-refractivity contribution in [1.29, 1.82) is 0 Å². The predicted molar refractivity (Wildman–Crippen MR) is 184 cm³/mol. The molecule has 2 aromatic carbocycles. The number of nitrogens with one attached hydrogen (secondary N) is 3. The van der Waals surface area contributed by atoms with Gasteiger partial charge < -0.3 is 10.3 Å². The summed E-state index contributed by atoms with van der Waals surface area (Å²) >= 11 is 6.57. The molecule has 0 aliphatic heterocycles. The number of aromatic nitrogens is 7. The van der Waals surface area contributed by atoms with Gasteiger partial charge in [-0.3, -0.25) is 18.9 Å². The van der Waals surface area contributed by atoms with Gasteiger partial charge in [-0.1, -0.05) is 24.6 Å². The second-order valence-electron chi connectivity index (χ2n) is 13.6. The van der Waals surface area contributed by atoms with Crippen LogP contribution in [0.25, 0.3) is 33.2 Å². The summed E-state index contributed by atoms with van der Waals surface area (Å²) < 4.78 is 117. The number of hydrogen-bond acceptors (Lipinski definition) is 7. The molecule has 0 bridgehead atoms. The number of amides is 1. The first-order valence-corrected chi connectivity index (χ1v) is 18.7. The average Bonchev–Trinajstić information content (AvgIpc) is 3.43. The number of benzene rings is 2. The number of anilines is 1. The van der Waals surface area contributed by atoms with Crippen LogP contribution < -0.4 is 10.0 Å². The molecule has 0 saturated heterocycles. The molecule has 0 spiro atoms. The lowest BCUT2D eigenvalue weighted by Crippen LogP contribution is -2.35. The zero-order valence-corrected chi connectivity index (χ0v) is 29.9. The zero-order valence-electron chi connectivity index (χ0n) is 28.3. The van der Waals surface area contributed by atoms with E-state index in [4.69, 9.17) is 16.6 Å². The molecule has 1 fully saturated rings. The predicted octanol–water partition coefficient (Wildman–Crippen LogP) is 6.50. The van der Waals surface area contributed by atoms with E-state index in [1.807, 2.05) is 0 Å². The molecule has 3 N–H and O–H groups in total. The van der Waals surface area contributed by atoms with E-state index in [-0.39, 0.29) is 45.1 Å². The third-order valence-corrected chi connectivity index (χ3v) is 10.8. The van der Waals surface area contributed by atoms with Gasteiger partial charge in [0.25, 0.3) is 12.3 Å². The zero-order chi connectivity index (χ0) is 38.6. The van der Waals surface area contributed by atoms with Crippen molar-refractivity contribution in [2.45, 2.75) is 44.2 Å². The Hall–Kier alpha value is -5.17. The number of sulfonamides is 1. The lowest BCUT2D eigenvalue weighted by Gasteiger charge is -2.23. The number of carbonyl (C=O) groups is 1. The fraction of sp³-hybridized carbons (Fsp3) is 0.324. The van der Waals surface area contributed by atoms with E-state index >= 15 is 8.78 Å². The molecule has 12 nitrogen and oxygen atoms in total. The van der Waals surface area contributed by atoms with E-state index < -0.39 is 81.6 Å². The highest BCUT2D eigenvalue weighted by Crippen LogP contribution is 2.71. The Morgan fingerprint density at radius 1 is 1.07 bits per heavy atom.